The van der Waals surface area contributed by atoms with Crippen molar-refractivity contribution in [3.8, 4) is 11.5 Å². The molecule has 0 saturated heterocycles. The Bertz CT molecular complexity index is 923. The number of hydrogen-bond acceptors (Lipinski definition) is 5. The first kappa shape index (κ1) is 14.1. The van der Waals surface area contributed by atoms with Crippen LogP contribution in [0.15, 0.2) is 45.6 Å². The second kappa shape index (κ2) is 5.52. The Morgan fingerprint density at radius 3 is 2.68 bits per heavy atom. The van der Waals surface area contributed by atoms with Crippen LogP contribution in [0.4, 0.5) is 0 Å². The molecular formula is C17H14O5. The van der Waals surface area contributed by atoms with Crippen LogP contribution in [0.5, 0.6) is 11.5 Å². The van der Waals surface area contributed by atoms with Crippen molar-refractivity contribution >= 4 is 27.7 Å². The Kier molecular flexibility index (Phi) is 3.55. The molecule has 0 saturated carbocycles. The van der Waals surface area contributed by atoms with Gasteiger partial charge in [-0.25, -0.2) is 4.79 Å². The van der Waals surface area contributed by atoms with Gasteiger partial charge in [-0.3, -0.25) is 4.79 Å². The van der Waals surface area contributed by atoms with Crippen LogP contribution in [-0.2, 0) is 4.79 Å². The van der Waals surface area contributed by atoms with E-state index in [0.717, 1.165) is 0 Å². The first-order chi connectivity index (χ1) is 10.6. The number of rotatable bonds is 3. The number of carbonyl (C=O) groups is 1. The van der Waals surface area contributed by atoms with Crippen molar-refractivity contribution in [2.24, 2.45) is 0 Å². The number of phenols is 1. The summed E-state index contributed by atoms with van der Waals surface area (Å²) in [6.07, 6.45) is 1.02. The minimum atomic E-state index is -0.540. The summed E-state index contributed by atoms with van der Waals surface area (Å²) in [6, 6.07) is 9.45. The Balaban J connectivity index is 2.15. The van der Waals surface area contributed by atoms with Crippen molar-refractivity contribution in [3.63, 3.8) is 0 Å². The maximum Gasteiger partial charge on any atom is 0.344 e. The van der Waals surface area contributed by atoms with E-state index in [1.54, 1.807) is 18.2 Å². The van der Waals surface area contributed by atoms with Gasteiger partial charge >= 0.3 is 11.6 Å². The number of aromatic hydroxyl groups is 1. The van der Waals surface area contributed by atoms with Gasteiger partial charge in [0.25, 0.3) is 0 Å². The third kappa shape index (κ3) is 2.53. The third-order valence-electron chi connectivity index (χ3n) is 3.35. The highest BCUT2D eigenvalue weighted by Crippen LogP contribution is 2.28. The highest BCUT2D eigenvalue weighted by atomic mass is 16.5. The summed E-state index contributed by atoms with van der Waals surface area (Å²) in [7, 11) is 0. The molecule has 1 heterocycles. The summed E-state index contributed by atoms with van der Waals surface area (Å²) in [6.45, 7) is 1.89. The molecule has 0 atom stereocenters. The first-order valence-electron chi connectivity index (χ1n) is 6.99. The summed E-state index contributed by atoms with van der Waals surface area (Å²) in [5.74, 6) is 0.00782. The van der Waals surface area contributed by atoms with E-state index in [9.17, 15) is 14.7 Å². The third-order valence-corrected chi connectivity index (χ3v) is 3.35. The number of fused-ring (bicyclic) bond motifs is 3. The fraction of sp³-hybridized carbons (Fsp3) is 0.176. The van der Waals surface area contributed by atoms with Gasteiger partial charge in [0.2, 0.25) is 0 Å². The minimum absolute atomic E-state index is 0.0279. The van der Waals surface area contributed by atoms with Crippen LogP contribution in [0.1, 0.15) is 19.8 Å². The lowest BCUT2D eigenvalue weighted by molar-refractivity contribution is -0.134. The van der Waals surface area contributed by atoms with E-state index in [2.05, 4.69) is 0 Å². The highest BCUT2D eigenvalue weighted by molar-refractivity contribution is 6.05. The van der Waals surface area contributed by atoms with Crippen LogP contribution in [0.25, 0.3) is 21.7 Å². The molecule has 0 radical (unpaired) electrons. The molecule has 1 N–H and O–H groups in total. The molecule has 22 heavy (non-hydrogen) atoms. The quantitative estimate of drug-likeness (QED) is 0.347. The maximum absolute atomic E-state index is 12.1. The Hall–Kier alpha value is -2.82. The summed E-state index contributed by atoms with van der Waals surface area (Å²) in [5, 5.41) is 11.2. The van der Waals surface area contributed by atoms with Crippen LogP contribution in [0.3, 0.4) is 0 Å². The lowest BCUT2D eigenvalue weighted by Crippen LogP contribution is -2.07. The average Bonchev–Trinajstić information content (AvgIpc) is 2.47. The van der Waals surface area contributed by atoms with Crippen molar-refractivity contribution in [3.05, 3.63) is 46.8 Å². The van der Waals surface area contributed by atoms with Gasteiger partial charge in [-0.15, -0.1) is 0 Å². The van der Waals surface area contributed by atoms with Crippen LogP contribution in [0, 0.1) is 0 Å². The molecule has 1 aromatic heterocycles. The number of esters is 1. The molecule has 5 nitrogen and oxygen atoms in total. The highest BCUT2D eigenvalue weighted by Gasteiger charge is 2.11. The largest absolute Gasteiger partial charge is 0.508 e. The molecule has 3 aromatic rings. The summed E-state index contributed by atoms with van der Waals surface area (Å²) in [4.78, 5) is 23.6. The smallest absolute Gasteiger partial charge is 0.344 e. The average molecular weight is 298 g/mol. The van der Waals surface area contributed by atoms with Crippen molar-refractivity contribution < 1.29 is 19.1 Å². The zero-order valence-electron chi connectivity index (χ0n) is 12.0. The molecule has 112 valence electrons. The van der Waals surface area contributed by atoms with Gasteiger partial charge in [0, 0.05) is 23.3 Å². The van der Waals surface area contributed by atoms with Gasteiger partial charge in [-0.05, 0) is 36.8 Å². The second-order valence-corrected chi connectivity index (χ2v) is 5.00. The first-order valence-corrected chi connectivity index (χ1v) is 6.99. The normalized spacial score (nSPS) is 11.0. The van der Waals surface area contributed by atoms with Gasteiger partial charge in [0.05, 0.1) is 5.39 Å². The van der Waals surface area contributed by atoms with Crippen molar-refractivity contribution in [1.29, 1.82) is 0 Å². The fourth-order valence-electron chi connectivity index (χ4n) is 2.35. The van der Waals surface area contributed by atoms with E-state index in [-0.39, 0.29) is 11.7 Å². The minimum Gasteiger partial charge on any atom is -0.508 e. The van der Waals surface area contributed by atoms with E-state index in [1.807, 2.05) is 6.92 Å². The van der Waals surface area contributed by atoms with Crippen molar-refractivity contribution in [2.75, 3.05) is 0 Å². The molecular weight excluding hydrogens is 284 g/mol. The van der Waals surface area contributed by atoms with E-state index in [4.69, 9.17) is 9.15 Å². The van der Waals surface area contributed by atoms with E-state index in [1.165, 1.54) is 18.2 Å². The van der Waals surface area contributed by atoms with Crippen LogP contribution >= 0.6 is 0 Å². The number of ether oxygens (including phenoxy) is 1. The number of benzene rings is 2. The predicted octanol–water partition coefficient (Wildman–Crippen LogP) is 3.36. The Morgan fingerprint density at radius 1 is 1.14 bits per heavy atom. The molecule has 0 fully saturated rings. The molecule has 0 bridgehead atoms. The molecule has 3 rings (SSSR count). The van der Waals surface area contributed by atoms with E-state index >= 15 is 0 Å². The predicted molar refractivity (Wildman–Crippen MR) is 82.2 cm³/mol. The van der Waals surface area contributed by atoms with Crippen LogP contribution in [-0.4, -0.2) is 11.1 Å². The topological polar surface area (TPSA) is 76.7 Å². The van der Waals surface area contributed by atoms with Crippen LogP contribution < -0.4 is 10.4 Å². The monoisotopic (exact) mass is 298 g/mol. The molecule has 0 amide bonds. The van der Waals surface area contributed by atoms with Gasteiger partial charge in [0.15, 0.2) is 0 Å². The molecule has 0 unspecified atom stereocenters. The Labute approximate surface area is 125 Å². The second-order valence-electron chi connectivity index (χ2n) is 5.00. The standard InChI is InChI=1S/C17H14O5/c1-2-3-16(19)21-11-5-7-12-13-6-4-10(18)8-15(13)22-17(20)14(12)9-11/h4-9,18H,2-3H2,1H3. The molecule has 0 aliphatic heterocycles. The van der Waals surface area contributed by atoms with Gasteiger partial charge in [0.1, 0.15) is 17.1 Å². The summed E-state index contributed by atoms with van der Waals surface area (Å²) in [5.41, 5.74) is -0.227. The van der Waals surface area contributed by atoms with Crippen molar-refractivity contribution in [1.82, 2.24) is 0 Å². The number of carbonyl (C=O) groups excluding carboxylic acids is 1. The lowest BCUT2D eigenvalue weighted by atomic mass is 10.1. The van der Waals surface area contributed by atoms with E-state index < -0.39 is 5.63 Å². The van der Waals surface area contributed by atoms with E-state index in [0.29, 0.717) is 40.3 Å². The van der Waals surface area contributed by atoms with Crippen molar-refractivity contribution in [2.45, 2.75) is 19.8 Å². The van der Waals surface area contributed by atoms with Gasteiger partial charge in [-0.2, -0.15) is 0 Å². The summed E-state index contributed by atoms with van der Waals surface area (Å²) < 4.78 is 10.4. The molecule has 5 heteroatoms. The van der Waals surface area contributed by atoms with Crippen LogP contribution in [0.2, 0.25) is 0 Å². The zero-order chi connectivity index (χ0) is 15.7. The SMILES string of the molecule is CCCC(=O)Oc1ccc2c(c1)c(=O)oc1cc(O)ccc12. The Morgan fingerprint density at radius 2 is 1.91 bits per heavy atom. The zero-order valence-corrected chi connectivity index (χ0v) is 12.0. The summed E-state index contributed by atoms with van der Waals surface area (Å²) >= 11 is 0. The number of hydrogen-bond donors (Lipinski definition) is 1. The molecule has 0 aliphatic rings. The fourth-order valence-corrected chi connectivity index (χ4v) is 2.35. The van der Waals surface area contributed by atoms with Gasteiger partial charge < -0.3 is 14.3 Å². The molecule has 0 spiro atoms. The lowest BCUT2D eigenvalue weighted by Gasteiger charge is -2.06. The molecule has 0 aliphatic carbocycles. The van der Waals surface area contributed by atoms with Gasteiger partial charge in [-0.1, -0.05) is 6.92 Å². The number of phenolic OH excluding ortho intramolecular Hbond substituents is 1. The molecule has 2 aromatic carbocycles. The maximum atomic E-state index is 12.1.